The number of carboxylic acid groups (broad SMARTS) is 1. The van der Waals surface area contributed by atoms with Crippen molar-refractivity contribution >= 4 is 11.9 Å². The maximum atomic E-state index is 13.0. The van der Waals surface area contributed by atoms with E-state index >= 15 is 0 Å². The number of hydrogen-bond acceptors (Lipinski definition) is 2. The molecule has 102 valence electrons. The normalized spacial score (nSPS) is 22.2. The summed E-state index contributed by atoms with van der Waals surface area (Å²) in [5.41, 5.74) is -0.101. The van der Waals surface area contributed by atoms with Gasteiger partial charge in [0.2, 0.25) is 0 Å². The second-order valence-electron chi connectivity index (χ2n) is 4.68. The Morgan fingerprint density at radius 1 is 1.16 bits per heavy atom. The average molecular weight is 269 g/mol. The number of nitrogens with one attached hydrogen (secondary N) is 1. The van der Waals surface area contributed by atoms with Crippen molar-refractivity contribution in [2.24, 2.45) is 5.92 Å². The van der Waals surface area contributed by atoms with Crippen LogP contribution in [0.15, 0.2) is 18.2 Å². The highest BCUT2D eigenvalue weighted by atomic mass is 19.1. The Kier molecular flexibility index (Phi) is 3.78. The van der Waals surface area contributed by atoms with Crippen LogP contribution in [0.3, 0.4) is 0 Å². The number of amides is 1. The lowest BCUT2D eigenvalue weighted by molar-refractivity contribution is -0.141. The first-order chi connectivity index (χ1) is 8.95. The van der Waals surface area contributed by atoms with Gasteiger partial charge in [-0.1, -0.05) is 0 Å². The third-order valence-corrected chi connectivity index (χ3v) is 3.24. The van der Waals surface area contributed by atoms with Gasteiger partial charge in [0.1, 0.15) is 11.6 Å². The molecule has 0 bridgehead atoms. The lowest BCUT2D eigenvalue weighted by Crippen LogP contribution is -2.33. The van der Waals surface area contributed by atoms with Crippen molar-refractivity contribution in [1.29, 1.82) is 0 Å². The van der Waals surface area contributed by atoms with Crippen molar-refractivity contribution in [2.45, 2.75) is 25.3 Å². The second kappa shape index (κ2) is 5.34. The number of benzene rings is 1. The molecule has 0 saturated heterocycles. The predicted molar refractivity (Wildman–Crippen MR) is 62.6 cm³/mol. The van der Waals surface area contributed by atoms with Crippen LogP contribution in [0.4, 0.5) is 8.78 Å². The molecule has 1 saturated carbocycles. The van der Waals surface area contributed by atoms with Gasteiger partial charge < -0.3 is 10.4 Å². The molecule has 2 unspecified atom stereocenters. The van der Waals surface area contributed by atoms with E-state index in [1.807, 2.05) is 0 Å². The van der Waals surface area contributed by atoms with E-state index in [1.165, 1.54) is 0 Å². The van der Waals surface area contributed by atoms with Crippen LogP contribution < -0.4 is 5.32 Å². The lowest BCUT2D eigenvalue weighted by atomic mass is 10.1. The summed E-state index contributed by atoms with van der Waals surface area (Å²) in [5.74, 6) is -3.57. The lowest BCUT2D eigenvalue weighted by Gasteiger charge is -2.12. The minimum Gasteiger partial charge on any atom is -0.481 e. The van der Waals surface area contributed by atoms with Crippen LogP contribution in [0, 0.1) is 17.6 Å². The Morgan fingerprint density at radius 3 is 2.32 bits per heavy atom. The first-order valence-electron chi connectivity index (χ1n) is 5.95. The van der Waals surface area contributed by atoms with Crippen LogP contribution in [-0.2, 0) is 4.79 Å². The molecule has 19 heavy (non-hydrogen) atoms. The van der Waals surface area contributed by atoms with Gasteiger partial charge in [0, 0.05) is 17.7 Å². The van der Waals surface area contributed by atoms with Crippen molar-refractivity contribution in [3.63, 3.8) is 0 Å². The molecular weight excluding hydrogens is 256 g/mol. The topological polar surface area (TPSA) is 66.4 Å². The fourth-order valence-electron chi connectivity index (χ4n) is 2.29. The van der Waals surface area contributed by atoms with Crippen molar-refractivity contribution in [2.75, 3.05) is 0 Å². The zero-order chi connectivity index (χ0) is 14.0. The molecule has 0 aliphatic heterocycles. The summed E-state index contributed by atoms with van der Waals surface area (Å²) in [6, 6.07) is 2.32. The predicted octanol–water partition coefficient (Wildman–Crippen LogP) is 1.95. The monoisotopic (exact) mass is 269 g/mol. The van der Waals surface area contributed by atoms with E-state index in [9.17, 15) is 18.4 Å². The number of halogens is 2. The molecule has 1 aromatic carbocycles. The van der Waals surface area contributed by atoms with Gasteiger partial charge in [-0.2, -0.15) is 0 Å². The Morgan fingerprint density at radius 2 is 1.79 bits per heavy atom. The molecule has 2 atom stereocenters. The number of aliphatic carboxylic acids is 1. The molecule has 2 N–H and O–H groups in total. The molecule has 0 aromatic heterocycles. The molecule has 6 heteroatoms. The van der Waals surface area contributed by atoms with Crippen molar-refractivity contribution in [3.05, 3.63) is 35.4 Å². The molecule has 1 fully saturated rings. The van der Waals surface area contributed by atoms with E-state index in [-0.39, 0.29) is 11.6 Å². The first kappa shape index (κ1) is 13.5. The van der Waals surface area contributed by atoms with Crippen molar-refractivity contribution in [3.8, 4) is 0 Å². The number of hydrogen-bond donors (Lipinski definition) is 2. The molecule has 1 aliphatic rings. The summed E-state index contributed by atoms with van der Waals surface area (Å²) < 4.78 is 25.9. The Hall–Kier alpha value is -1.98. The smallest absolute Gasteiger partial charge is 0.306 e. The Labute approximate surface area is 108 Å². The van der Waals surface area contributed by atoms with E-state index in [4.69, 9.17) is 5.11 Å². The molecule has 2 rings (SSSR count). The summed E-state index contributed by atoms with van der Waals surface area (Å²) in [6.45, 7) is 0. The summed E-state index contributed by atoms with van der Waals surface area (Å²) in [6.07, 6.45) is 1.40. The van der Waals surface area contributed by atoms with Crippen LogP contribution in [0.25, 0.3) is 0 Å². The van der Waals surface area contributed by atoms with Crippen LogP contribution >= 0.6 is 0 Å². The van der Waals surface area contributed by atoms with Crippen molar-refractivity contribution in [1.82, 2.24) is 5.32 Å². The van der Waals surface area contributed by atoms with E-state index in [2.05, 4.69) is 5.32 Å². The van der Waals surface area contributed by atoms with Crippen LogP contribution in [0.5, 0.6) is 0 Å². The molecule has 1 aliphatic carbocycles. The maximum absolute atomic E-state index is 13.0. The largest absolute Gasteiger partial charge is 0.481 e. The first-order valence-corrected chi connectivity index (χ1v) is 5.95. The third-order valence-electron chi connectivity index (χ3n) is 3.24. The minimum absolute atomic E-state index is 0.101. The van der Waals surface area contributed by atoms with Gasteiger partial charge in [0.05, 0.1) is 5.92 Å². The molecule has 0 spiro atoms. The molecule has 1 aromatic rings. The highest BCUT2D eigenvalue weighted by Gasteiger charge is 2.30. The van der Waals surface area contributed by atoms with Gasteiger partial charge in [-0.25, -0.2) is 8.78 Å². The van der Waals surface area contributed by atoms with Gasteiger partial charge in [0.15, 0.2) is 0 Å². The van der Waals surface area contributed by atoms with Crippen LogP contribution in [-0.4, -0.2) is 23.0 Å². The molecule has 4 nitrogen and oxygen atoms in total. The van der Waals surface area contributed by atoms with Crippen LogP contribution in [0.1, 0.15) is 29.6 Å². The minimum atomic E-state index is -0.881. The zero-order valence-corrected chi connectivity index (χ0v) is 10.0. The number of carbonyl (C=O) groups excluding carboxylic acids is 1. The zero-order valence-electron chi connectivity index (χ0n) is 10.0. The quantitative estimate of drug-likeness (QED) is 0.881. The fraction of sp³-hybridized carbons (Fsp3) is 0.385. The summed E-state index contributed by atoms with van der Waals surface area (Å²) in [5, 5.41) is 11.4. The number of carbonyl (C=O) groups is 2. The van der Waals surface area contributed by atoms with Gasteiger partial charge >= 0.3 is 5.97 Å². The molecule has 1 amide bonds. The molecule has 0 heterocycles. The van der Waals surface area contributed by atoms with Crippen LogP contribution in [0.2, 0.25) is 0 Å². The third kappa shape index (κ3) is 3.27. The van der Waals surface area contributed by atoms with Gasteiger partial charge in [-0.3, -0.25) is 9.59 Å². The van der Waals surface area contributed by atoms with E-state index in [0.29, 0.717) is 25.3 Å². The number of carboxylic acids is 1. The second-order valence-corrected chi connectivity index (χ2v) is 4.68. The molecule has 0 radical (unpaired) electrons. The van der Waals surface area contributed by atoms with Gasteiger partial charge in [-0.15, -0.1) is 0 Å². The highest BCUT2D eigenvalue weighted by molar-refractivity contribution is 5.94. The highest BCUT2D eigenvalue weighted by Crippen LogP contribution is 2.25. The SMILES string of the molecule is O=C(NC1CCC(C(=O)O)C1)c1cc(F)cc(F)c1. The Balaban J connectivity index is 2.00. The van der Waals surface area contributed by atoms with Crippen molar-refractivity contribution < 1.29 is 23.5 Å². The van der Waals surface area contributed by atoms with E-state index < -0.39 is 29.4 Å². The van der Waals surface area contributed by atoms with E-state index in [1.54, 1.807) is 0 Å². The van der Waals surface area contributed by atoms with Gasteiger partial charge in [0.25, 0.3) is 5.91 Å². The summed E-state index contributed by atoms with van der Waals surface area (Å²) in [4.78, 5) is 22.6. The summed E-state index contributed by atoms with van der Waals surface area (Å²) in [7, 11) is 0. The van der Waals surface area contributed by atoms with Gasteiger partial charge in [-0.05, 0) is 31.4 Å². The number of rotatable bonds is 3. The fourth-order valence-corrected chi connectivity index (χ4v) is 2.29. The summed E-state index contributed by atoms with van der Waals surface area (Å²) >= 11 is 0. The standard InChI is InChI=1S/C13H13F2NO3/c14-9-3-8(4-10(15)6-9)12(17)16-11-2-1-7(5-11)13(18)19/h3-4,6-7,11H,1-2,5H2,(H,16,17)(H,18,19). The molecular formula is C13H13F2NO3. The Bertz CT molecular complexity index is 498. The average Bonchev–Trinajstić information content (AvgIpc) is 2.76. The maximum Gasteiger partial charge on any atom is 0.306 e. The van der Waals surface area contributed by atoms with E-state index in [0.717, 1.165) is 12.1 Å².